The number of rotatable bonds is 10. The third-order valence-corrected chi connectivity index (χ3v) is 2.36. The molecule has 0 saturated carbocycles. The van der Waals surface area contributed by atoms with E-state index >= 15 is 0 Å². The molecule has 0 fully saturated rings. The van der Waals surface area contributed by atoms with Crippen LogP contribution in [-0.4, -0.2) is 50.7 Å². The van der Waals surface area contributed by atoms with Gasteiger partial charge in [-0.15, -0.1) is 13.1 Å². The van der Waals surface area contributed by atoms with Crippen molar-refractivity contribution in [3.63, 3.8) is 0 Å². The third-order valence-electron chi connectivity index (χ3n) is 2.36. The first-order chi connectivity index (χ1) is 7.74. The average Bonchev–Trinajstić information content (AvgIpc) is 2.30. The molecule has 0 aliphatic carbocycles. The Hall–Kier alpha value is 0.390. The van der Waals surface area contributed by atoms with Crippen LogP contribution in [0.4, 0.5) is 0 Å². The van der Waals surface area contributed by atoms with Gasteiger partial charge in [-0.1, -0.05) is 0 Å². The monoisotopic (exact) mass is 251 g/mol. The van der Waals surface area contributed by atoms with E-state index in [1.807, 2.05) is 0 Å². The van der Waals surface area contributed by atoms with Gasteiger partial charge in [0.25, 0.3) is 0 Å². The van der Waals surface area contributed by atoms with Crippen molar-refractivity contribution in [1.29, 1.82) is 0 Å². The van der Waals surface area contributed by atoms with Crippen LogP contribution in [0, 0.1) is 13.8 Å². The predicted octanol–water partition coefficient (Wildman–Crippen LogP) is -2.11. The normalized spacial score (nSPS) is 10.1. The first-order valence-corrected chi connectivity index (χ1v) is 5.81. The minimum absolute atomic E-state index is 0. The zero-order valence-corrected chi connectivity index (χ0v) is 13.3. The molecule has 96 valence electrons. The number of carbonyl (C=O) groups is 1. The minimum Gasteiger partial charge on any atom is -0.385 e. The van der Waals surface area contributed by atoms with Crippen molar-refractivity contribution in [3.8, 4) is 0 Å². The van der Waals surface area contributed by atoms with Gasteiger partial charge < -0.3 is 28.8 Å². The zero-order chi connectivity index (χ0) is 12.2. The predicted molar refractivity (Wildman–Crippen MR) is 65.9 cm³/mol. The molecule has 0 aromatic rings. The van der Waals surface area contributed by atoms with Crippen LogP contribution in [0.25, 0.3) is 0 Å². The van der Waals surface area contributed by atoms with Crippen LogP contribution >= 0.6 is 0 Å². The average molecular weight is 251 g/mol. The van der Waals surface area contributed by atoms with Crippen molar-refractivity contribution in [1.82, 2.24) is 10.2 Å². The van der Waals surface area contributed by atoms with Crippen LogP contribution in [0.1, 0.15) is 19.3 Å². The molecule has 0 rings (SSSR count). The molecular weight excluding hydrogens is 227 g/mol. The van der Waals surface area contributed by atoms with Crippen molar-refractivity contribution in [2.45, 2.75) is 19.3 Å². The Kier molecular flexibility index (Phi) is 16.8. The summed E-state index contributed by atoms with van der Waals surface area (Å²) in [4.78, 5) is 13.5. The number of methoxy groups -OCH3 is 1. The Morgan fingerprint density at radius 3 is 2.47 bits per heavy atom. The maximum Gasteiger partial charge on any atom is 1.00 e. The molecule has 0 radical (unpaired) electrons. The molecule has 0 saturated heterocycles. The van der Waals surface area contributed by atoms with Crippen LogP contribution in [0.3, 0.4) is 0 Å². The standard InChI is InChI=1S/C12H24N2O2.Na/c1-4-14(5-2)10-6-8-12(15)13-9-7-11-16-3;/h1-2,4-11H2,3H3,(H,13,15);/q-2;+1. The van der Waals surface area contributed by atoms with E-state index < -0.39 is 0 Å². The molecule has 0 heterocycles. The molecule has 1 amide bonds. The van der Waals surface area contributed by atoms with E-state index in [4.69, 9.17) is 4.74 Å². The van der Waals surface area contributed by atoms with Crippen molar-refractivity contribution in [2.24, 2.45) is 0 Å². The molecule has 17 heavy (non-hydrogen) atoms. The maximum atomic E-state index is 11.4. The topological polar surface area (TPSA) is 41.6 Å². The van der Waals surface area contributed by atoms with Crippen molar-refractivity contribution in [3.05, 3.63) is 13.8 Å². The quantitative estimate of drug-likeness (QED) is 0.275. The van der Waals surface area contributed by atoms with Gasteiger partial charge in [0.05, 0.1) is 0 Å². The van der Waals surface area contributed by atoms with E-state index in [0.29, 0.717) is 19.6 Å². The van der Waals surface area contributed by atoms with E-state index in [-0.39, 0.29) is 35.5 Å². The molecule has 0 aliphatic heterocycles. The third kappa shape index (κ3) is 12.6. The van der Waals surface area contributed by atoms with E-state index in [0.717, 1.165) is 32.5 Å². The van der Waals surface area contributed by atoms with Gasteiger partial charge >= 0.3 is 29.6 Å². The summed E-state index contributed by atoms with van der Waals surface area (Å²) >= 11 is 0. The number of carbonyl (C=O) groups excluding carboxylic acids is 1. The number of ether oxygens (including phenoxy) is 1. The van der Waals surface area contributed by atoms with Crippen LogP contribution < -0.4 is 34.9 Å². The Morgan fingerprint density at radius 2 is 1.94 bits per heavy atom. The van der Waals surface area contributed by atoms with E-state index in [1.54, 1.807) is 7.11 Å². The van der Waals surface area contributed by atoms with Gasteiger partial charge in [-0.2, -0.15) is 0 Å². The Labute approximate surface area is 128 Å². The number of hydrogen-bond donors (Lipinski definition) is 1. The van der Waals surface area contributed by atoms with Crippen LogP contribution in [0.2, 0.25) is 0 Å². The maximum absolute atomic E-state index is 11.4. The Morgan fingerprint density at radius 1 is 1.29 bits per heavy atom. The molecule has 0 aromatic carbocycles. The molecule has 5 heteroatoms. The summed E-state index contributed by atoms with van der Waals surface area (Å²) in [6, 6.07) is 0. The number of hydrogen-bond acceptors (Lipinski definition) is 3. The van der Waals surface area contributed by atoms with Crippen LogP contribution in [0.5, 0.6) is 0 Å². The second-order valence-corrected chi connectivity index (χ2v) is 3.64. The Bertz CT molecular complexity index is 176. The van der Waals surface area contributed by atoms with Gasteiger partial charge in [0.2, 0.25) is 5.91 Å². The summed E-state index contributed by atoms with van der Waals surface area (Å²) < 4.78 is 4.89. The Balaban J connectivity index is 0. The fraction of sp³-hybridized carbons (Fsp3) is 0.750. The fourth-order valence-electron chi connectivity index (χ4n) is 1.33. The molecule has 0 unspecified atom stereocenters. The largest absolute Gasteiger partial charge is 1.00 e. The summed E-state index contributed by atoms with van der Waals surface area (Å²) in [5, 5.41) is 2.86. The van der Waals surface area contributed by atoms with Gasteiger partial charge in [0, 0.05) is 26.7 Å². The van der Waals surface area contributed by atoms with Gasteiger partial charge in [-0.25, -0.2) is 0 Å². The van der Waals surface area contributed by atoms with Gasteiger partial charge in [-0.05, 0) is 19.4 Å². The van der Waals surface area contributed by atoms with Gasteiger partial charge in [-0.3, -0.25) is 4.79 Å². The molecule has 0 spiro atoms. The molecule has 0 aromatic heterocycles. The van der Waals surface area contributed by atoms with Crippen molar-refractivity contribution >= 4 is 5.91 Å². The summed E-state index contributed by atoms with van der Waals surface area (Å²) in [5.41, 5.74) is 0. The summed E-state index contributed by atoms with van der Waals surface area (Å²) in [7, 11) is 1.66. The second kappa shape index (κ2) is 14.5. The summed E-state index contributed by atoms with van der Waals surface area (Å²) in [6.45, 7) is 11.4. The summed E-state index contributed by atoms with van der Waals surface area (Å²) in [5.74, 6) is 0.115. The molecular formula is C12H24N2NaO2-. The van der Waals surface area contributed by atoms with Gasteiger partial charge in [0.15, 0.2) is 0 Å². The minimum atomic E-state index is 0. The fourth-order valence-corrected chi connectivity index (χ4v) is 1.33. The van der Waals surface area contributed by atoms with Crippen LogP contribution in [-0.2, 0) is 9.53 Å². The second-order valence-electron chi connectivity index (χ2n) is 3.64. The van der Waals surface area contributed by atoms with E-state index in [2.05, 4.69) is 24.1 Å². The molecule has 0 bridgehead atoms. The zero-order valence-electron chi connectivity index (χ0n) is 11.3. The van der Waals surface area contributed by atoms with E-state index in [1.165, 1.54) is 0 Å². The number of nitrogens with zero attached hydrogens (tertiary/aromatic N) is 1. The number of nitrogens with one attached hydrogen (secondary N) is 1. The smallest absolute Gasteiger partial charge is 0.385 e. The first kappa shape index (κ1) is 19.7. The SMILES string of the molecule is [CH2-]CN(C[CH2-])CCCC(=O)NCCCOC.[Na+]. The summed E-state index contributed by atoms with van der Waals surface area (Å²) in [6.07, 6.45) is 2.30. The molecule has 1 N–H and O–H groups in total. The van der Waals surface area contributed by atoms with E-state index in [9.17, 15) is 4.79 Å². The van der Waals surface area contributed by atoms with Gasteiger partial charge in [0.1, 0.15) is 0 Å². The van der Waals surface area contributed by atoms with Crippen molar-refractivity contribution < 1.29 is 39.1 Å². The molecule has 0 atom stereocenters. The molecule has 4 nitrogen and oxygen atoms in total. The van der Waals surface area contributed by atoms with Crippen molar-refractivity contribution in [2.75, 3.05) is 39.9 Å². The first-order valence-electron chi connectivity index (χ1n) is 5.81. The van der Waals surface area contributed by atoms with Crippen LogP contribution in [0.15, 0.2) is 0 Å². The number of amides is 1. The molecule has 0 aliphatic rings.